The summed E-state index contributed by atoms with van der Waals surface area (Å²) < 4.78 is 5.46. The van der Waals surface area contributed by atoms with Crippen molar-refractivity contribution in [1.29, 1.82) is 0 Å². The predicted molar refractivity (Wildman–Crippen MR) is 66.9 cm³/mol. The quantitative estimate of drug-likeness (QED) is 0.707. The van der Waals surface area contributed by atoms with Gasteiger partial charge in [-0.25, -0.2) is 9.97 Å². The van der Waals surface area contributed by atoms with Crippen molar-refractivity contribution in [1.82, 2.24) is 9.97 Å². The summed E-state index contributed by atoms with van der Waals surface area (Å²) in [5, 5.41) is 8.99. The molecule has 0 unspecified atom stereocenters. The average Bonchev–Trinajstić information content (AvgIpc) is 2.34. The highest BCUT2D eigenvalue weighted by Crippen LogP contribution is 2.09. The standard InChI is InChI=1S/C13H22N2O2/c1-3-4-5-6-7-8-17-13-14-9-12(10-16)11(2)15-13/h9,16H,3-8,10H2,1-2H3. The number of hydrogen-bond acceptors (Lipinski definition) is 4. The number of ether oxygens (including phenoxy) is 1. The van der Waals surface area contributed by atoms with E-state index in [1.54, 1.807) is 6.20 Å². The molecule has 17 heavy (non-hydrogen) atoms. The summed E-state index contributed by atoms with van der Waals surface area (Å²) in [6, 6.07) is 0.412. The molecule has 96 valence electrons. The second-order valence-corrected chi connectivity index (χ2v) is 4.18. The Morgan fingerprint density at radius 2 is 2.00 bits per heavy atom. The van der Waals surface area contributed by atoms with Crippen molar-refractivity contribution in [2.45, 2.75) is 52.6 Å². The Labute approximate surface area is 103 Å². The van der Waals surface area contributed by atoms with Gasteiger partial charge in [-0.3, -0.25) is 0 Å². The SMILES string of the molecule is CCCCCCCOc1ncc(CO)c(C)n1. The summed E-state index contributed by atoms with van der Waals surface area (Å²) in [6.07, 6.45) is 7.68. The van der Waals surface area contributed by atoms with Crippen LogP contribution in [0, 0.1) is 6.92 Å². The molecule has 0 atom stereocenters. The molecule has 1 rings (SSSR count). The van der Waals surface area contributed by atoms with Crippen LogP contribution in [0.5, 0.6) is 6.01 Å². The minimum atomic E-state index is -0.0247. The van der Waals surface area contributed by atoms with Gasteiger partial charge in [-0.1, -0.05) is 32.6 Å². The molecule has 0 saturated heterocycles. The van der Waals surface area contributed by atoms with Gasteiger partial charge >= 0.3 is 6.01 Å². The fourth-order valence-corrected chi connectivity index (χ4v) is 1.56. The van der Waals surface area contributed by atoms with E-state index in [0.717, 1.165) is 17.7 Å². The van der Waals surface area contributed by atoms with Gasteiger partial charge in [0.2, 0.25) is 0 Å². The van der Waals surface area contributed by atoms with Crippen molar-refractivity contribution in [3.8, 4) is 6.01 Å². The molecule has 1 heterocycles. The Morgan fingerprint density at radius 3 is 2.65 bits per heavy atom. The molecule has 0 saturated carbocycles. The van der Waals surface area contributed by atoms with E-state index in [0.29, 0.717) is 12.6 Å². The number of aromatic nitrogens is 2. The smallest absolute Gasteiger partial charge is 0.316 e. The van der Waals surface area contributed by atoms with Gasteiger partial charge in [-0.05, 0) is 13.3 Å². The number of hydrogen-bond donors (Lipinski definition) is 1. The zero-order chi connectivity index (χ0) is 12.5. The van der Waals surface area contributed by atoms with Gasteiger partial charge in [0.15, 0.2) is 0 Å². The van der Waals surface area contributed by atoms with E-state index >= 15 is 0 Å². The van der Waals surface area contributed by atoms with Crippen LogP contribution in [0.4, 0.5) is 0 Å². The summed E-state index contributed by atoms with van der Waals surface area (Å²) >= 11 is 0. The second kappa shape index (κ2) is 8.01. The van der Waals surface area contributed by atoms with Crippen LogP contribution in [0.2, 0.25) is 0 Å². The lowest BCUT2D eigenvalue weighted by atomic mass is 10.2. The molecule has 0 aromatic carbocycles. The highest BCUT2D eigenvalue weighted by molar-refractivity contribution is 5.16. The minimum absolute atomic E-state index is 0.0247. The minimum Gasteiger partial charge on any atom is -0.463 e. The van der Waals surface area contributed by atoms with Crippen LogP contribution in [0.3, 0.4) is 0 Å². The van der Waals surface area contributed by atoms with Gasteiger partial charge in [-0.15, -0.1) is 0 Å². The largest absolute Gasteiger partial charge is 0.463 e. The highest BCUT2D eigenvalue weighted by atomic mass is 16.5. The molecule has 1 N–H and O–H groups in total. The highest BCUT2D eigenvalue weighted by Gasteiger charge is 2.02. The number of rotatable bonds is 8. The van der Waals surface area contributed by atoms with E-state index in [4.69, 9.17) is 9.84 Å². The van der Waals surface area contributed by atoms with Gasteiger partial charge in [0, 0.05) is 11.8 Å². The Balaban J connectivity index is 2.25. The number of nitrogens with zero attached hydrogens (tertiary/aromatic N) is 2. The Hall–Kier alpha value is -1.16. The lowest BCUT2D eigenvalue weighted by molar-refractivity contribution is 0.270. The van der Waals surface area contributed by atoms with Crippen molar-refractivity contribution < 1.29 is 9.84 Å². The van der Waals surface area contributed by atoms with Crippen molar-refractivity contribution in [2.75, 3.05) is 6.61 Å². The van der Waals surface area contributed by atoms with Crippen LogP contribution in [0.15, 0.2) is 6.20 Å². The van der Waals surface area contributed by atoms with Gasteiger partial charge in [0.05, 0.1) is 18.9 Å². The fraction of sp³-hybridized carbons (Fsp3) is 0.692. The Bertz CT molecular complexity index is 329. The maximum absolute atomic E-state index is 8.99. The van der Waals surface area contributed by atoms with Crippen molar-refractivity contribution >= 4 is 0 Å². The average molecular weight is 238 g/mol. The van der Waals surface area contributed by atoms with Crippen LogP contribution < -0.4 is 4.74 Å². The van der Waals surface area contributed by atoms with Crippen LogP contribution in [0.1, 0.15) is 50.3 Å². The molecule has 0 spiro atoms. The number of aliphatic hydroxyl groups is 1. The van der Waals surface area contributed by atoms with Crippen LogP contribution >= 0.6 is 0 Å². The molecule has 0 aliphatic heterocycles. The number of aliphatic hydroxyl groups excluding tert-OH is 1. The molecule has 0 aliphatic rings. The summed E-state index contributed by atoms with van der Waals surface area (Å²) in [4.78, 5) is 8.24. The van der Waals surface area contributed by atoms with Crippen LogP contribution in [-0.4, -0.2) is 21.7 Å². The zero-order valence-corrected chi connectivity index (χ0v) is 10.8. The number of aryl methyl sites for hydroxylation is 1. The molecule has 0 aliphatic carbocycles. The summed E-state index contributed by atoms with van der Waals surface area (Å²) in [5.41, 5.74) is 1.53. The van der Waals surface area contributed by atoms with E-state index < -0.39 is 0 Å². The van der Waals surface area contributed by atoms with Crippen molar-refractivity contribution in [3.05, 3.63) is 17.5 Å². The van der Waals surface area contributed by atoms with Crippen LogP contribution in [0.25, 0.3) is 0 Å². The summed E-state index contributed by atoms with van der Waals surface area (Å²) in [7, 11) is 0. The molecule has 1 aromatic rings. The Kier molecular flexibility index (Phi) is 6.55. The van der Waals surface area contributed by atoms with Gasteiger partial charge in [0.25, 0.3) is 0 Å². The van der Waals surface area contributed by atoms with E-state index in [1.165, 1.54) is 25.7 Å². The summed E-state index contributed by atoms with van der Waals surface area (Å²) in [6.45, 7) is 4.70. The third-order valence-electron chi connectivity index (χ3n) is 2.71. The first kappa shape index (κ1) is 13.9. The lowest BCUT2D eigenvalue weighted by Gasteiger charge is -2.06. The normalized spacial score (nSPS) is 10.5. The van der Waals surface area contributed by atoms with Crippen molar-refractivity contribution in [3.63, 3.8) is 0 Å². The zero-order valence-electron chi connectivity index (χ0n) is 10.8. The second-order valence-electron chi connectivity index (χ2n) is 4.18. The van der Waals surface area contributed by atoms with E-state index in [2.05, 4.69) is 16.9 Å². The molecular weight excluding hydrogens is 216 g/mol. The first-order valence-corrected chi connectivity index (χ1v) is 6.34. The van der Waals surface area contributed by atoms with E-state index in [9.17, 15) is 0 Å². The van der Waals surface area contributed by atoms with Crippen LogP contribution in [-0.2, 0) is 6.61 Å². The molecule has 0 amide bonds. The third kappa shape index (κ3) is 5.13. The molecule has 4 heteroatoms. The maximum atomic E-state index is 8.99. The Morgan fingerprint density at radius 1 is 1.24 bits per heavy atom. The number of unbranched alkanes of at least 4 members (excludes halogenated alkanes) is 4. The molecule has 0 bridgehead atoms. The molecule has 1 aromatic heterocycles. The molecular formula is C13H22N2O2. The molecule has 4 nitrogen and oxygen atoms in total. The predicted octanol–water partition coefficient (Wildman–Crippen LogP) is 2.63. The maximum Gasteiger partial charge on any atom is 0.316 e. The van der Waals surface area contributed by atoms with E-state index in [1.807, 2.05) is 6.92 Å². The van der Waals surface area contributed by atoms with Gasteiger partial charge < -0.3 is 9.84 Å². The first-order chi connectivity index (χ1) is 8.27. The lowest BCUT2D eigenvalue weighted by Crippen LogP contribution is -2.03. The third-order valence-corrected chi connectivity index (χ3v) is 2.71. The van der Waals surface area contributed by atoms with Gasteiger partial charge in [0.1, 0.15) is 0 Å². The summed E-state index contributed by atoms with van der Waals surface area (Å²) in [5.74, 6) is 0. The fourth-order valence-electron chi connectivity index (χ4n) is 1.56. The topological polar surface area (TPSA) is 55.2 Å². The van der Waals surface area contributed by atoms with Crippen molar-refractivity contribution in [2.24, 2.45) is 0 Å². The first-order valence-electron chi connectivity index (χ1n) is 6.34. The van der Waals surface area contributed by atoms with Gasteiger partial charge in [-0.2, -0.15) is 0 Å². The molecule has 0 radical (unpaired) electrons. The molecule has 0 fully saturated rings. The monoisotopic (exact) mass is 238 g/mol. The van der Waals surface area contributed by atoms with E-state index in [-0.39, 0.29) is 6.61 Å².